The first-order chi connectivity index (χ1) is 9.16. The fourth-order valence-corrected chi connectivity index (χ4v) is 2.67. The average Bonchev–Trinajstić information content (AvgIpc) is 2.45. The number of hydrogen-bond acceptors (Lipinski definition) is 2. The predicted molar refractivity (Wildman–Crippen MR) is 78.1 cm³/mol. The highest BCUT2D eigenvalue weighted by molar-refractivity contribution is 5.78. The van der Waals surface area contributed by atoms with Gasteiger partial charge in [0.2, 0.25) is 5.91 Å². The van der Waals surface area contributed by atoms with Gasteiger partial charge in [-0.1, -0.05) is 37.3 Å². The molecule has 1 fully saturated rings. The van der Waals surface area contributed by atoms with E-state index < -0.39 is 0 Å². The topological polar surface area (TPSA) is 41.1 Å². The minimum absolute atomic E-state index is 0.180. The van der Waals surface area contributed by atoms with Gasteiger partial charge in [-0.15, -0.1) is 0 Å². The summed E-state index contributed by atoms with van der Waals surface area (Å²) in [7, 11) is 0. The molecule has 0 aromatic heterocycles. The molecule has 1 saturated heterocycles. The lowest BCUT2D eigenvalue weighted by Crippen LogP contribution is -2.43. The van der Waals surface area contributed by atoms with Crippen LogP contribution < -0.4 is 10.6 Å². The summed E-state index contributed by atoms with van der Waals surface area (Å²) in [4.78, 5) is 12.1. The quantitative estimate of drug-likeness (QED) is 0.872. The van der Waals surface area contributed by atoms with Crippen molar-refractivity contribution >= 4 is 5.91 Å². The molecule has 1 aliphatic rings. The van der Waals surface area contributed by atoms with Crippen LogP contribution in [0.5, 0.6) is 0 Å². The Morgan fingerprint density at radius 1 is 1.42 bits per heavy atom. The van der Waals surface area contributed by atoms with Gasteiger partial charge in [0.15, 0.2) is 0 Å². The van der Waals surface area contributed by atoms with Crippen molar-refractivity contribution in [3.05, 3.63) is 35.9 Å². The van der Waals surface area contributed by atoms with Crippen LogP contribution >= 0.6 is 0 Å². The largest absolute Gasteiger partial charge is 0.355 e. The molecule has 0 aliphatic carbocycles. The lowest BCUT2D eigenvalue weighted by atomic mass is 9.92. The average molecular weight is 260 g/mol. The maximum atomic E-state index is 12.1. The molecule has 19 heavy (non-hydrogen) atoms. The van der Waals surface area contributed by atoms with Gasteiger partial charge < -0.3 is 10.6 Å². The molecule has 1 aliphatic heterocycles. The summed E-state index contributed by atoms with van der Waals surface area (Å²) in [5, 5.41) is 6.48. The number of hydrogen-bond donors (Lipinski definition) is 2. The zero-order valence-corrected chi connectivity index (χ0v) is 11.9. The van der Waals surface area contributed by atoms with E-state index in [-0.39, 0.29) is 11.8 Å². The molecule has 0 spiro atoms. The molecule has 0 bridgehead atoms. The summed E-state index contributed by atoms with van der Waals surface area (Å²) in [6.07, 6.45) is 1.90. The first-order valence-electron chi connectivity index (χ1n) is 7.23. The Labute approximate surface area is 115 Å². The zero-order valence-electron chi connectivity index (χ0n) is 11.9. The molecule has 2 rings (SSSR count). The molecule has 3 nitrogen and oxygen atoms in total. The van der Waals surface area contributed by atoms with E-state index in [1.807, 2.05) is 18.2 Å². The summed E-state index contributed by atoms with van der Waals surface area (Å²) in [5.74, 6) is 0.764. The van der Waals surface area contributed by atoms with Crippen molar-refractivity contribution in [3.63, 3.8) is 0 Å². The molecule has 0 saturated carbocycles. The van der Waals surface area contributed by atoms with Gasteiger partial charge in [-0.25, -0.2) is 0 Å². The van der Waals surface area contributed by atoms with E-state index in [9.17, 15) is 4.79 Å². The van der Waals surface area contributed by atoms with Gasteiger partial charge in [0.05, 0.1) is 0 Å². The van der Waals surface area contributed by atoms with Crippen LogP contribution in [0.2, 0.25) is 0 Å². The van der Waals surface area contributed by atoms with Gasteiger partial charge in [-0.05, 0) is 37.8 Å². The second-order valence-corrected chi connectivity index (χ2v) is 5.63. The van der Waals surface area contributed by atoms with Crippen LogP contribution in [0, 0.1) is 5.92 Å². The van der Waals surface area contributed by atoms with Gasteiger partial charge in [0.1, 0.15) is 0 Å². The van der Waals surface area contributed by atoms with E-state index in [1.165, 1.54) is 5.56 Å². The third-order valence-electron chi connectivity index (χ3n) is 3.95. The normalized spacial score (nSPS) is 24.7. The molecular formula is C16H24N2O. The first-order valence-corrected chi connectivity index (χ1v) is 7.23. The second-order valence-electron chi connectivity index (χ2n) is 5.63. The predicted octanol–water partition coefficient (Wildman–Crippen LogP) is 2.29. The van der Waals surface area contributed by atoms with Gasteiger partial charge in [0.25, 0.3) is 0 Å². The zero-order chi connectivity index (χ0) is 13.7. The SMILES string of the molecule is CC1CC(C(=O)NCC(C)c2ccccc2)CCN1. The lowest BCUT2D eigenvalue weighted by Gasteiger charge is -2.27. The lowest BCUT2D eigenvalue weighted by molar-refractivity contribution is -0.126. The van der Waals surface area contributed by atoms with Crippen LogP contribution in [0.1, 0.15) is 38.2 Å². The molecule has 3 atom stereocenters. The Bertz CT molecular complexity index is 404. The van der Waals surface area contributed by atoms with E-state index in [1.54, 1.807) is 0 Å². The van der Waals surface area contributed by atoms with E-state index in [4.69, 9.17) is 0 Å². The highest BCUT2D eigenvalue weighted by atomic mass is 16.1. The van der Waals surface area contributed by atoms with Gasteiger partial charge in [-0.3, -0.25) is 4.79 Å². The highest BCUT2D eigenvalue weighted by Gasteiger charge is 2.24. The smallest absolute Gasteiger partial charge is 0.223 e. The number of rotatable bonds is 4. The standard InChI is InChI=1S/C16H24N2O/c1-12(14-6-4-3-5-7-14)11-18-16(19)15-8-9-17-13(2)10-15/h3-7,12-13,15,17H,8-11H2,1-2H3,(H,18,19). The molecule has 1 heterocycles. The Kier molecular flexibility index (Phi) is 4.97. The van der Waals surface area contributed by atoms with Crippen molar-refractivity contribution in [2.45, 2.75) is 38.6 Å². The first kappa shape index (κ1) is 14.1. The summed E-state index contributed by atoms with van der Waals surface area (Å²) in [5.41, 5.74) is 1.28. The summed E-state index contributed by atoms with van der Waals surface area (Å²) in [6.45, 7) is 5.97. The Hall–Kier alpha value is -1.35. The molecule has 104 valence electrons. The van der Waals surface area contributed by atoms with Gasteiger partial charge >= 0.3 is 0 Å². The van der Waals surface area contributed by atoms with Crippen LogP contribution in [-0.2, 0) is 4.79 Å². The number of carbonyl (C=O) groups excluding carboxylic acids is 1. The van der Waals surface area contributed by atoms with E-state index in [0.717, 1.165) is 25.9 Å². The van der Waals surface area contributed by atoms with Crippen molar-refractivity contribution in [3.8, 4) is 0 Å². The summed E-state index contributed by atoms with van der Waals surface area (Å²) in [6, 6.07) is 10.8. The van der Waals surface area contributed by atoms with Crippen LogP contribution in [0.4, 0.5) is 0 Å². The van der Waals surface area contributed by atoms with Gasteiger partial charge in [-0.2, -0.15) is 0 Å². The Morgan fingerprint density at radius 2 is 2.16 bits per heavy atom. The van der Waals surface area contributed by atoms with Gasteiger partial charge in [0, 0.05) is 18.5 Å². The number of piperidine rings is 1. The van der Waals surface area contributed by atoms with Crippen LogP contribution in [0.15, 0.2) is 30.3 Å². The van der Waals surface area contributed by atoms with Crippen LogP contribution in [0.3, 0.4) is 0 Å². The highest BCUT2D eigenvalue weighted by Crippen LogP contribution is 2.17. The monoisotopic (exact) mass is 260 g/mol. The Balaban J connectivity index is 1.80. The number of nitrogens with one attached hydrogen (secondary N) is 2. The fourth-order valence-electron chi connectivity index (χ4n) is 2.67. The van der Waals surface area contributed by atoms with Crippen molar-refractivity contribution in [2.24, 2.45) is 5.92 Å². The maximum absolute atomic E-state index is 12.1. The second kappa shape index (κ2) is 6.71. The summed E-state index contributed by atoms with van der Waals surface area (Å²) < 4.78 is 0. The number of benzene rings is 1. The minimum atomic E-state index is 0.180. The molecule has 1 aromatic rings. The van der Waals surface area contributed by atoms with E-state index >= 15 is 0 Å². The van der Waals surface area contributed by atoms with Crippen molar-refractivity contribution in [2.75, 3.05) is 13.1 Å². The van der Waals surface area contributed by atoms with Crippen molar-refractivity contribution in [1.82, 2.24) is 10.6 Å². The molecule has 0 radical (unpaired) electrons. The molecular weight excluding hydrogens is 236 g/mol. The number of carbonyl (C=O) groups is 1. The fraction of sp³-hybridized carbons (Fsp3) is 0.562. The van der Waals surface area contributed by atoms with E-state index in [0.29, 0.717) is 12.0 Å². The maximum Gasteiger partial charge on any atom is 0.223 e. The Morgan fingerprint density at radius 3 is 2.84 bits per heavy atom. The molecule has 3 heteroatoms. The molecule has 2 N–H and O–H groups in total. The molecule has 1 amide bonds. The third kappa shape index (κ3) is 4.06. The van der Waals surface area contributed by atoms with Crippen LogP contribution in [-0.4, -0.2) is 25.0 Å². The summed E-state index contributed by atoms with van der Waals surface area (Å²) >= 11 is 0. The van der Waals surface area contributed by atoms with E-state index in [2.05, 4.69) is 36.6 Å². The minimum Gasteiger partial charge on any atom is -0.355 e. The van der Waals surface area contributed by atoms with Crippen LogP contribution in [0.25, 0.3) is 0 Å². The molecule has 3 unspecified atom stereocenters. The third-order valence-corrected chi connectivity index (χ3v) is 3.95. The van der Waals surface area contributed by atoms with Crippen molar-refractivity contribution < 1.29 is 4.79 Å². The molecule has 1 aromatic carbocycles. The number of amides is 1. The van der Waals surface area contributed by atoms with Crippen molar-refractivity contribution in [1.29, 1.82) is 0 Å².